The molecule has 2 aromatic carbocycles. The number of piperidine rings is 1. The van der Waals surface area contributed by atoms with Crippen molar-refractivity contribution in [3.05, 3.63) is 64.7 Å². The van der Waals surface area contributed by atoms with Crippen LogP contribution in [0.4, 0.5) is 5.69 Å². The Balaban J connectivity index is 1.32. The van der Waals surface area contributed by atoms with E-state index in [1.807, 2.05) is 0 Å². The third-order valence-electron chi connectivity index (χ3n) is 8.70. The SMILES string of the molecule is CCCCC(Cc1cc2ccccc2[nH]1)c1c(C(N)=O)sc2cc(N3CCC4(CC3)CN(C)C4)ccc12. The van der Waals surface area contributed by atoms with Gasteiger partial charge in [-0.2, -0.15) is 0 Å². The van der Waals surface area contributed by atoms with Gasteiger partial charge in [0.25, 0.3) is 5.91 Å². The molecule has 6 rings (SSSR count). The van der Waals surface area contributed by atoms with Crippen molar-refractivity contribution in [3.63, 3.8) is 0 Å². The van der Waals surface area contributed by atoms with Crippen LogP contribution < -0.4 is 10.6 Å². The molecular formula is C31H38N4OS. The Morgan fingerprint density at radius 1 is 1.14 bits per heavy atom. The molecule has 4 aromatic rings. The normalized spacial score (nSPS) is 18.5. The lowest BCUT2D eigenvalue weighted by Crippen LogP contribution is -2.58. The lowest BCUT2D eigenvalue weighted by Gasteiger charge is -2.53. The number of likely N-dealkylation sites (tertiary alicyclic amines) is 1. The van der Waals surface area contributed by atoms with Crippen LogP contribution in [0.15, 0.2) is 48.5 Å². The monoisotopic (exact) mass is 514 g/mol. The molecule has 1 spiro atoms. The number of rotatable bonds is 8. The average Bonchev–Trinajstić information content (AvgIpc) is 3.47. The van der Waals surface area contributed by atoms with Gasteiger partial charge in [0.05, 0.1) is 4.88 Å². The van der Waals surface area contributed by atoms with Gasteiger partial charge >= 0.3 is 0 Å². The molecule has 6 heteroatoms. The first-order valence-corrected chi connectivity index (χ1v) is 14.6. The van der Waals surface area contributed by atoms with Crippen LogP contribution in [-0.4, -0.2) is 49.0 Å². The maximum Gasteiger partial charge on any atom is 0.259 e. The molecule has 0 saturated carbocycles. The van der Waals surface area contributed by atoms with Crippen molar-refractivity contribution in [2.75, 3.05) is 38.1 Å². The molecule has 0 aliphatic carbocycles. The molecule has 1 amide bonds. The molecule has 1 atom stereocenters. The fraction of sp³-hybridized carbons (Fsp3) is 0.452. The summed E-state index contributed by atoms with van der Waals surface area (Å²) in [4.78, 5) is 22.0. The van der Waals surface area contributed by atoms with E-state index in [4.69, 9.17) is 5.73 Å². The van der Waals surface area contributed by atoms with Crippen LogP contribution in [0.25, 0.3) is 21.0 Å². The topological polar surface area (TPSA) is 65.4 Å². The van der Waals surface area contributed by atoms with E-state index >= 15 is 0 Å². The first-order chi connectivity index (χ1) is 17.9. The van der Waals surface area contributed by atoms with Crippen LogP contribution in [0.3, 0.4) is 0 Å². The number of carbonyl (C=O) groups is 1. The van der Waals surface area contributed by atoms with Gasteiger partial charge in [0.15, 0.2) is 0 Å². The van der Waals surface area contributed by atoms with E-state index in [1.165, 1.54) is 58.3 Å². The number of para-hydroxylation sites is 1. The maximum atomic E-state index is 12.7. The molecule has 4 heterocycles. The molecule has 194 valence electrons. The number of anilines is 1. The van der Waals surface area contributed by atoms with Crippen molar-refractivity contribution in [1.29, 1.82) is 0 Å². The highest BCUT2D eigenvalue weighted by Gasteiger charge is 2.43. The minimum Gasteiger partial charge on any atom is -0.371 e. The van der Waals surface area contributed by atoms with Gasteiger partial charge in [-0.3, -0.25) is 4.79 Å². The highest BCUT2D eigenvalue weighted by Crippen LogP contribution is 2.43. The second-order valence-corrected chi connectivity index (χ2v) is 12.5. The summed E-state index contributed by atoms with van der Waals surface area (Å²) in [5.41, 5.74) is 11.4. The number of amides is 1. The summed E-state index contributed by atoms with van der Waals surface area (Å²) >= 11 is 1.59. The molecule has 2 aromatic heterocycles. The first-order valence-electron chi connectivity index (χ1n) is 13.8. The lowest BCUT2D eigenvalue weighted by atomic mass is 9.72. The van der Waals surface area contributed by atoms with Gasteiger partial charge in [-0.05, 0) is 84.7 Å². The molecule has 1 unspecified atom stereocenters. The lowest BCUT2D eigenvalue weighted by molar-refractivity contribution is 0.00132. The highest BCUT2D eigenvalue weighted by molar-refractivity contribution is 7.21. The van der Waals surface area contributed by atoms with E-state index in [0.29, 0.717) is 5.41 Å². The summed E-state index contributed by atoms with van der Waals surface area (Å²) in [6, 6.07) is 17.5. The third-order valence-corrected chi connectivity index (χ3v) is 9.89. The van der Waals surface area contributed by atoms with E-state index < -0.39 is 0 Å². The largest absolute Gasteiger partial charge is 0.371 e. The van der Waals surface area contributed by atoms with Crippen molar-refractivity contribution < 1.29 is 4.79 Å². The van der Waals surface area contributed by atoms with Crippen molar-refractivity contribution in [2.24, 2.45) is 11.1 Å². The maximum absolute atomic E-state index is 12.7. The summed E-state index contributed by atoms with van der Waals surface area (Å²) in [7, 11) is 2.22. The van der Waals surface area contributed by atoms with Gasteiger partial charge < -0.3 is 20.5 Å². The van der Waals surface area contributed by atoms with Crippen LogP contribution in [-0.2, 0) is 6.42 Å². The van der Waals surface area contributed by atoms with Gasteiger partial charge in [-0.25, -0.2) is 0 Å². The van der Waals surface area contributed by atoms with Crippen molar-refractivity contribution in [2.45, 2.75) is 51.4 Å². The highest BCUT2D eigenvalue weighted by atomic mass is 32.1. The Kier molecular flexibility index (Phi) is 6.49. The number of carbonyl (C=O) groups excluding carboxylic acids is 1. The molecule has 3 N–H and O–H groups in total. The zero-order chi connectivity index (χ0) is 25.6. The zero-order valence-corrected chi connectivity index (χ0v) is 22.9. The van der Waals surface area contributed by atoms with E-state index in [-0.39, 0.29) is 11.8 Å². The molecule has 0 bridgehead atoms. The molecule has 0 radical (unpaired) electrons. The van der Waals surface area contributed by atoms with Crippen molar-refractivity contribution in [3.8, 4) is 0 Å². The molecule has 5 nitrogen and oxygen atoms in total. The average molecular weight is 515 g/mol. The predicted octanol–water partition coefficient (Wildman–Crippen LogP) is 6.53. The number of nitrogens with one attached hydrogen (secondary N) is 1. The van der Waals surface area contributed by atoms with Gasteiger partial charge in [0, 0.05) is 47.8 Å². The van der Waals surface area contributed by atoms with E-state index in [0.717, 1.165) is 49.2 Å². The molecule has 2 aliphatic heterocycles. The number of unbranched alkanes of at least 4 members (excludes halogenated alkanes) is 1. The number of benzene rings is 2. The smallest absolute Gasteiger partial charge is 0.259 e. The number of nitrogens with two attached hydrogens (primary N) is 1. The van der Waals surface area contributed by atoms with Crippen molar-refractivity contribution in [1.82, 2.24) is 9.88 Å². The standard InChI is InChI=1S/C31H38N4OS/c1-3-4-7-22(17-23-16-21-8-5-6-9-26(21)33-23)28-25-11-10-24(18-27(25)37-29(28)30(32)36)35-14-12-31(13-15-35)19-34(2)20-31/h5-6,8-11,16,18,22,33H,3-4,7,12-15,17,19-20H2,1-2H3,(H2,32,36). The molecule has 2 aliphatic rings. The van der Waals surface area contributed by atoms with Crippen LogP contribution in [0.2, 0.25) is 0 Å². The number of fused-ring (bicyclic) bond motifs is 2. The van der Waals surface area contributed by atoms with Gasteiger partial charge in [-0.1, -0.05) is 44.0 Å². The Morgan fingerprint density at radius 3 is 2.62 bits per heavy atom. The van der Waals surface area contributed by atoms with E-state index in [2.05, 4.69) is 77.3 Å². The molecule has 2 fully saturated rings. The predicted molar refractivity (Wildman–Crippen MR) is 156 cm³/mol. The number of H-pyrrole nitrogens is 1. The number of hydrogen-bond donors (Lipinski definition) is 2. The fourth-order valence-corrected chi connectivity index (χ4v) is 8.03. The molecular weight excluding hydrogens is 476 g/mol. The number of thiophene rings is 1. The fourth-order valence-electron chi connectivity index (χ4n) is 6.85. The van der Waals surface area contributed by atoms with Crippen LogP contribution in [0, 0.1) is 5.41 Å². The van der Waals surface area contributed by atoms with Gasteiger partial charge in [0.1, 0.15) is 0 Å². The third kappa shape index (κ3) is 4.66. The Morgan fingerprint density at radius 2 is 1.92 bits per heavy atom. The van der Waals surface area contributed by atoms with Crippen LogP contribution in [0.1, 0.15) is 65.9 Å². The Hall–Kier alpha value is -2.83. The minimum atomic E-state index is -0.301. The number of aromatic nitrogens is 1. The summed E-state index contributed by atoms with van der Waals surface area (Å²) in [5.74, 6) is -0.0505. The Bertz CT molecular complexity index is 1390. The molecule has 37 heavy (non-hydrogen) atoms. The molecule has 2 saturated heterocycles. The van der Waals surface area contributed by atoms with Crippen LogP contribution in [0.5, 0.6) is 0 Å². The minimum absolute atomic E-state index is 0.251. The van der Waals surface area contributed by atoms with E-state index in [9.17, 15) is 4.79 Å². The summed E-state index contributed by atoms with van der Waals surface area (Å²) in [6.45, 7) is 6.94. The second-order valence-electron chi connectivity index (χ2n) is 11.5. The number of primary amides is 1. The van der Waals surface area contributed by atoms with Gasteiger partial charge in [0.2, 0.25) is 0 Å². The van der Waals surface area contributed by atoms with Gasteiger partial charge in [-0.15, -0.1) is 11.3 Å². The number of aromatic amines is 1. The number of hydrogen-bond acceptors (Lipinski definition) is 4. The van der Waals surface area contributed by atoms with E-state index in [1.54, 1.807) is 11.3 Å². The quantitative estimate of drug-likeness (QED) is 0.281. The number of nitrogens with zero attached hydrogens (tertiary/aromatic N) is 2. The second kappa shape index (κ2) is 9.80. The first kappa shape index (κ1) is 24.5. The zero-order valence-electron chi connectivity index (χ0n) is 22.1. The summed E-state index contributed by atoms with van der Waals surface area (Å²) in [5, 5.41) is 2.44. The summed E-state index contributed by atoms with van der Waals surface area (Å²) < 4.78 is 1.18. The van der Waals surface area contributed by atoms with Crippen LogP contribution >= 0.6 is 11.3 Å². The summed E-state index contributed by atoms with van der Waals surface area (Å²) in [6.07, 6.45) is 6.72. The van der Waals surface area contributed by atoms with Crippen molar-refractivity contribution >= 4 is 43.9 Å². The Labute approximate surface area is 223 Å².